The van der Waals surface area contributed by atoms with Gasteiger partial charge in [0, 0.05) is 11.0 Å². The second-order valence-corrected chi connectivity index (χ2v) is 8.42. The molecule has 19 heavy (non-hydrogen) atoms. The van der Waals surface area contributed by atoms with Gasteiger partial charge in [0.25, 0.3) is 0 Å². The summed E-state index contributed by atoms with van der Waals surface area (Å²) in [5.74, 6) is 1.54. The van der Waals surface area contributed by atoms with Gasteiger partial charge >= 0.3 is 0 Å². The summed E-state index contributed by atoms with van der Waals surface area (Å²) in [5, 5.41) is 3.24. The standard InChI is InChI=1S/C14H20BrNO2S/c1-16-10-14(11-2-4-13(15)5-3-11)12-6-8-19(17,18)9-7-12/h2-5,12,14,16H,6-10H2,1H3. The van der Waals surface area contributed by atoms with E-state index in [0.717, 1.165) is 23.9 Å². The Morgan fingerprint density at radius 2 is 1.84 bits per heavy atom. The quantitative estimate of drug-likeness (QED) is 0.912. The zero-order valence-electron chi connectivity index (χ0n) is 11.1. The van der Waals surface area contributed by atoms with Crippen LogP contribution in [-0.2, 0) is 9.84 Å². The molecule has 3 nitrogen and oxygen atoms in total. The monoisotopic (exact) mass is 345 g/mol. The van der Waals surface area contributed by atoms with Crippen molar-refractivity contribution in [2.75, 3.05) is 25.1 Å². The van der Waals surface area contributed by atoms with Gasteiger partial charge in [-0.1, -0.05) is 28.1 Å². The number of likely N-dealkylation sites (N-methyl/N-ethyl adjacent to an activating group) is 1. The zero-order valence-corrected chi connectivity index (χ0v) is 13.5. The van der Waals surface area contributed by atoms with E-state index in [1.807, 2.05) is 7.05 Å². The van der Waals surface area contributed by atoms with Gasteiger partial charge in [0.2, 0.25) is 0 Å². The Bertz CT molecular complexity index is 499. The van der Waals surface area contributed by atoms with Crippen LogP contribution in [0.5, 0.6) is 0 Å². The number of rotatable bonds is 4. The van der Waals surface area contributed by atoms with Gasteiger partial charge in [0.1, 0.15) is 9.84 Å². The van der Waals surface area contributed by atoms with Crippen LogP contribution < -0.4 is 5.32 Å². The van der Waals surface area contributed by atoms with Crippen LogP contribution in [0.3, 0.4) is 0 Å². The molecular formula is C14H20BrNO2S. The smallest absolute Gasteiger partial charge is 0.150 e. The van der Waals surface area contributed by atoms with Crippen molar-refractivity contribution in [3.63, 3.8) is 0 Å². The van der Waals surface area contributed by atoms with Crippen LogP contribution in [0.4, 0.5) is 0 Å². The molecule has 0 aromatic heterocycles. The number of benzene rings is 1. The molecule has 0 amide bonds. The molecule has 1 aliphatic heterocycles. The number of hydrogen-bond donors (Lipinski definition) is 1. The average molecular weight is 346 g/mol. The van der Waals surface area contributed by atoms with Gasteiger partial charge in [0.15, 0.2) is 0 Å². The minimum atomic E-state index is -2.78. The number of hydrogen-bond acceptors (Lipinski definition) is 3. The Kier molecular flexibility index (Phi) is 5.03. The largest absolute Gasteiger partial charge is 0.319 e. The summed E-state index contributed by atoms with van der Waals surface area (Å²) in [7, 11) is -0.831. The Balaban J connectivity index is 2.14. The Hall–Kier alpha value is -0.390. The van der Waals surface area contributed by atoms with E-state index < -0.39 is 9.84 Å². The lowest BCUT2D eigenvalue weighted by Crippen LogP contribution is -2.31. The first-order valence-electron chi connectivity index (χ1n) is 6.62. The van der Waals surface area contributed by atoms with E-state index >= 15 is 0 Å². The van der Waals surface area contributed by atoms with Crippen LogP contribution in [0.1, 0.15) is 24.3 Å². The highest BCUT2D eigenvalue weighted by Crippen LogP contribution is 2.33. The van der Waals surface area contributed by atoms with Crippen LogP contribution in [0.2, 0.25) is 0 Å². The van der Waals surface area contributed by atoms with Crippen molar-refractivity contribution >= 4 is 25.8 Å². The normalized spacial score (nSPS) is 21.2. The summed E-state index contributed by atoms with van der Waals surface area (Å²) in [4.78, 5) is 0. The third-order valence-electron chi connectivity index (χ3n) is 3.89. The van der Waals surface area contributed by atoms with E-state index in [4.69, 9.17) is 0 Å². The SMILES string of the molecule is CNCC(c1ccc(Br)cc1)C1CCS(=O)(=O)CC1. The molecule has 1 aromatic rings. The van der Waals surface area contributed by atoms with E-state index in [-0.39, 0.29) is 0 Å². The van der Waals surface area contributed by atoms with E-state index in [1.54, 1.807) is 0 Å². The number of halogens is 1. The lowest BCUT2D eigenvalue weighted by Gasteiger charge is -2.30. The number of nitrogens with one attached hydrogen (secondary N) is 1. The molecule has 5 heteroatoms. The van der Waals surface area contributed by atoms with Crippen molar-refractivity contribution in [2.45, 2.75) is 18.8 Å². The van der Waals surface area contributed by atoms with Crippen molar-refractivity contribution < 1.29 is 8.42 Å². The molecule has 1 saturated heterocycles. The van der Waals surface area contributed by atoms with E-state index in [0.29, 0.717) is 23.3 Å². The minimum Gasteiger partial charge on any atom is -0.319 e. The van der Waals surface area contributed by atoms with Crippen molar-refractivity contribution in [1.82, 2.24) is 5.32 Å². The molecule has 1 unspecified atom stereocenters. The van der Waals surface area contributed by atoms with E-state index in [2.05, 4.69) is 45.5 Å². The van der Waals surface area contributed by atoms with Crippen LogP contribution >= 0.6 is 15.9 Å². The topological polar surface area (TPSA) is 46.2 Å². The van der Waals surface area contributed by atoms with Gasteiger partial charge in [-0.15, -0.1) is 0 Å². The second-order valence-electron chi connectivity index (χ2n) is 5.20. The molecule has 0 aliphatic carbocycles. The van der Waals surface area contributed by atoms with Crippen molar-refractivity contribution in [2.24, 2.45) is 5.92 Å². The van der Waals surface area contributed by atoms with Gasteiger partial charge in [-0.05, 0) is 49.4 Å². The molecule has 0 bridgehead atoms. The molecule has 0 saturated carbocycles. The summed E-state index contributed by atoms with van der Waals surface area (Å²) in [5.41, 5.74) is 1.29. The molecule has 0 spiro atoms. The van der Waals surface area contributed by atoms with E-state index in [1.165, 1.54) is 5.56 Å². The number of sulfone groups is 1. The highest BCUT2D eigenvalue weighted by atomic mass is 79.9. The lowest BCUT2D eigenvalue weighted by molar-refractivity contribution is 0.376. The summed E-state index contributed by atoms with van der Waals surface area (Å²) in [6, 6.07) is 8.37. The van der Waals surface area contributed by atoms with Gasteiger partial charge in [-0.3, -0.25) is 0 Å². The second kappa shape index (κ2) is 6.37. The first kappa shape index (κ1) is 15.0. The molecule has 106 valence electrons. The average Bonchev–Trinajstić information content (AvgIpc) is 2.38. The first-order chi connectivity index (χ1) is 9.02. The maximum absolute atomic E-state index is 11.5. The summed E-state index contributed by atoms with van der Waals surface area (Å²) < 4.78 is 24.1. The van der Waals surface area contributed by atoms with Crippen LogP contribution in [0.25, 0.3) is 0 Å². The molecular weight excluding hydrogens is 326 g/mol. The zero-order chi connectivity index (χ0) is 13.9. The fourth-order valence-electron chi connectivity index (χ4n) is 2.80. The Labute approximate surface area is 123 Å². The predicted molar refractivity (Wildman–Crippen MR) is 82.2 cm³/mol. The van der Waals surface area contributed by atoms with Crippen molar-refractivity contribution in [3.8, 4) is 0 Å². The van der Waals surface area contributed by atoms with Crippen LogP contribution in [-0.4, -0.2) is 33.5 Å². The minimum absolute atomic E-state index is 0.342. The van der Waals surface area contributed by atoms with Crippen LogP contribution in [0.15, 0.2) is 28.7 Å². The molecule has 1 fully saturated rings. The van der Waals surface area contributed by atoms with Crippen molar-refractivity contribution in [3.05, 3.63) is 34.3 Å². The highest BCUT2D eigenvalue weighted by molar-refractivity contribution is 9.10. The maximum Gasteiger partial charge on any atom is 0.150 e. The van der Waals surface area contributed by atoms with E-state index in [9.17, 15) is 8.42 Å². The molecule has 1 aromatic carbocycles. The first-order valence-corrected chi connectivity index (χ1v) is 9.24. The summed E-state index contributed by atoms with van der Waals surface area (Å²) in [6.07, 6.45) is 1.56. The molecule has 1 atom stereocenters. The summed E-state index contributed by atoms with van der Waals surface area (Å²) >= 11 is 3.45. The van der Waals surface area contributed by atoms with Crippen molar-refractivity contribution in [1.29, 1.82) is 0 Å². The molecule has 1 heterocycles. The Morgan fingerprint density at radius 1 is 1.26 bits per heavy atom. The molecule has 1 aliphatic rings. The van der Waals surface area contributed by atoms with Gasteiger partial charge in [0.05, 0.1) is 11.5 Å². The Morgan fingerprint density at radius 3 is 2.37 bits per heavy atom. The van der Waals surface area contributed by atoms with Gasteiger partial charge in [-0.2, -0.15) is 0 Å². The highest BCUT2D eigenvalue weighted by Gasteiger charge is 2.29. The molecule has 2 rings (SSSR count). The van der Waals surface area contributed by atoms with Gasteiger partial charge < -0.3 is 5.32 Å². The van der Waals surface area contributed by atoms with Crippen LogP contribution in [0, 0.1) is 5.92 Å². The maximum atomic E-state index is 11.5. The lowest BCUT2D eigenvalue weighted by atomic mass is 9.82. The fourth-order valence-corrected chi connectivity index (χ4v) is 4.59. The fraction of sp³-hybridized carbons (Fsp3) is 0.571. The molecule has 1 N–H and O–H groups in total. The predicted octanol–water partition coefficient (Wildman–Crippen LogP) is 2.58. The molecule has 0 radical (unpaired) electrons. The third-order valence-corrected chi connectivity index (χ3v) is 6.13. The third kappa shape index (κ3) is 4.04. The summed E-state index contributed by atoms with van der Waals surface area (Å²) in [6.45, 7) is 0.895. The van der Waals surface area contributed by atoms with Gasteiger partial charge in [-0.25, -0.2) is 8.42 Å².